The molecule has 3 aromatic carbocycles. The van der Waals surface area contributed by atoms with Gasteiger partial charge in [0.1, 0.15) is 5.75 Å². The molecular formula is C25H24N2O. The van der Waals surface area contributed by atoms with Crippen LogP contribution in [0.4, 0.5) is 0 Å². The first-order valence-corrected chi connectivity index (χ1v) is 9.50. The van der Waals surface area contributed by atoms with E-state index in [1.807, 2.05) is 17.0 Å². The van der Waals surface area contributed by atoms with Crippen LogP contribution >= 0.6 is 0 Å². The van der Waals surface area contributed by atoms with Crippen molar-refractivity contribution in [2.75, 3.05) is 0 Å². The lowest BCUT2D eigenvalue weighted by Gasteiger charge is -2.12. The van der Waals surface area contributed by atoms with Crippen LogP contribution in [-0.4, -0.2) is 9.55 Å². The van der Waals surface area contributed by atoms with E-state index < -0.39 is 0 Å². The molecule has 1 heterocycles. The first kappa shape index (κ1) is 18.1. The van der Waals surface area contributed by atoms with E-state index in [1.165, 1.54) is 33.4 Å². The fourth-order valence-corrected chi connectivity index (χ4v) is 3.40. The van der Waals surface area contributed by atoms with Gasteiger partial charge in [-0.2, -0.15) is 0 Å². The van der Waals surface area contributed by atoms with E-state index in [4.69, 9.17) is 4.74 Å². The highest BCUT2D eigenvalue weighted by molar-refractivity contribution is 5.68. The molecule has 0 saturated carbocycles. The summed E-state index contributed by atoms with van der Waals surface area (Å²) in [6.07, 6.45) is 3.57. The smallest absolute Gasteiger partial charge is 0.219 e. The van der Waals surface area contributed by atoms with Crippen LogP contribution in [0.1, 0.15) is 22.3 Å². The van der Waals surface area contributed by atoms with Crippen molar-refractivity contribution in [3.05, 3.63) is 102 Å². The van der Waals surface area contributed by atoms with Crippen LogP contribution in [0.15, 0.2) is 79.3 Å². The van der Waals surface area contributed by atoms with Crippen molar-refractivity contribution in [3.8, 4) is 22.8 Å². The molecule has 0 unspecified atom stereocenters. The molecule has 1 aromatic heterocycles. The summed E-state index contributed by atoms with van der Waals surface area (Å²) in [6, 6.07) is 23.3. The summed E-state index contributed by atoms with van der Waals surface area (Å²) in [4.78, 5) is 4.27. The molecule has 0 atom stereocenters. The Balaban J connectivity index is 1.55. The number of aromatic nitrogens is 2. The predicted octanol–water partition coefficient (Wildman–Crippen LogP) is 6.32. The summed E-state index contributed by atoms with van der Waals surface area (Å²) < 4.78 is 8.17. The molecule has 3 heteroatoms. The van der Waals surface area contributed by atoms with Crippen molar-refractivity contribution < 1.29 is 4.74 Å². The third-order valence-electron chi connectivity index (χ3n) is 4.89. The second-order valence-electron chi connectivity index (χ2n) is 7.29. The maximum atomic E-state index is 6.14. The molecule has 0 spiro atoms. The van der Waals surface area contributed by atoms with Gasteiger partial charge in [-0.05, 0) is 55.2 Å². The largest absolute Gasteiger partial charge is 0.439 e. The molecule has 0 saturated heterocycles. The Morgan fingerprint density at radius 2 is 1.68 bits per heavy atom. The van der Waals surface area contributed by atoms with Crippen molar-refractivity contribution in [1.82, 2.24) is 9.55 Å². The van der Waals surface area contributed by atoms with E-state index in [0.29, 0.717) is 0 Å². The summed E-state index contributed by atoms with van der Waals surface area (Å²) in [5.41, 5.74) is 7.38. The molecular weight excluding hydrogens is 344 g/mol. The van der Waals surface area contributed by atoms with Gasteiger partial charge < -0.3 is 4.74 Å². The number of ether oxygens (including phenoxy) is 1. The topological polar surface area (TPSA) is 27.1 Å². The van der Waals surface area contributed by atoms with E-state index in [2.05, 4.69) is 86.4 Å². The highest BCUT2D eigenvalue weighted by atomic mass is 16.5. The minimum absolute atomic E-state index is 0.734. The third-order valence-corrected chi connectivity index (χ3v) is 4.89. The van der Waals surface area contributed by atoms with Crippen LogP contribution in [-0.2, 0) is 6.54 Å². The van der Waals surface area contributed by atoms with Gasteiger partial charge in [-0.1, -0.05) is 65.7 Å². The Kier molecular flexibility index (Phi) is 4.98. The first-order chi connectivity index (χ1) is 13.6. The summed E-state index contributed by atoms with van der Waals surface area (Å²) >= 11 is 0. The molecule has 3 nitrogen and oxygen atoms in total. The van der Waals surface area contributed by atoms with Crippen LogP contribution in [0.5, 0.6) is 11.6 Å². The Morgan fingerprint density at radius 3 is 2.43 bits per heavy atom. The lowest BCUT2D eigenvalue weighted by Crippen LogP contribution is -2.01. The fourth-order valence-electron chi connectivity index (χ4n) is 3.40. The average Bonchev–Trinajstić information content (AvgIpc) is 3.09. The van der Waals surface area contributed by atoms with Crippen molar-refractivity contribution in [2.45, 2.75) is 27.3 Å². The van der Waals surface area contributed by atoms with Crippen LogP contribution in [0, 0.1) is 20.8 Å². The Hall–Kier alpha value is -3.33. The maximum absolute atomic E-state index is 6.14. The molecule has 4 rings (SSSR count). The van der Waals surface area contributed by atoms with Crippen molar-refractivity contribution in [3.63, 3.8) is 0 Å². The molecule has 0 N–H and O–H groups in total. The molecule has 0 aliphatic rings. The van der Waals surface area contributed by atoms with Crippen LogP contribution in [0.2, 0.25) is 0 Å². The van der Waals surface area contributed by atoms with Gasteiger partial charge >= 0.3 is 0 Å². The van der Waals surface area contributed by atoms with Gasteiger partial charge in [-0.15, -0.1) is 0 Å². The van der Waals surface area contributed by atoms with Gasteiger partial charge in [0.25, 0.3) is 0 Å². The molecule has 0 bridgehead atoms. The highest BCUT2D eigenvalue weighted by Gasteiger charge is 2.08. The number of hydrogen-bond donors (Lipinski definition) is 0. The molecule has 0 amide bonds. The number of hydrogen-bond acceptors (Lipinski definition) is 2. The fraction of sp³-hybridized carbons (Fsp3) is 0.160. The molecule has 0 radical (unpaired) electrons. The minimum Gasteiger partial charge on any atom is -0.439 e. The monoisotopic (exact) mass is 368 g/mol. The van der Waals surface area contributed by atoms with E-state index in [9.17, 15) is 0 Å². The minimum atomic E-state index is 0.734. The maximum Gasteiger partial charge on any atom is 0.219 e. The molecule has 0 aliphatic heterocycles. The van der Waals surface area contributed by atoms with E-state index in [-0.39, 0.29) is 0 Å². The first-order valence-electron chi connectivity index (χ1n) is 9.50. The molecule has 0 fully saturated rings. The summed E-state index contributed by atoms with van der Waals surface area (Å²) in [5, 5.41) is 0. The third kappa shape index (κ3) is 3.99. The average molecular weight is 368 g/mol. The number of aryl methyl sites for hydroxylation is 3. The molecule has 140 valence electrons. The standard InChI is InChI=1S/C25H24N2O/c1-18-7-9-22(10-8-18)24-12-11-23(14-20(24)3)28-25-15-26-17-27(25)16-21-6-4-5-19(2)13-21/h4-15,17H,16H2,1-3H3. The molecule has 0 aliphatic carbocycles. The summed E-state index contributed by atoms with van der Waals surface area (Å²) in [5.74, 6) is 1.56. The Labute approximate surface area is 166 Å². The molecule has 28 heavy (non-hydrogen) atoms. The van der Waals surface area contributed by atoms with Gasteiger partial charge in [0.15, 0.2) is 0 Å². The van der Waals surface area contributed by atoms with Gasteiger partial charge in [-0.3, -0.25) is 4.57 Å². The van der Waals surface area contributed by atoms with E-state index in [1.54, 1.807) is 6.20 Å². The highest BCUT2D eigenvalue weighted by Crippen LogP contribution is 2.29. The van der Waals surface area contributed by atoms with E-state index in [0.717, 1.165) is 18.2 Å². The Morgan fingerprint density at radius 1 is 0.857 bits per heavy atom. The summed E-state index contributed by atoms with van der Waals surface area (Å²) in [7, 11) is 0. The Bertz CT molecular complexity index is 1090. The van der Waals surface area contributed by atoms with Gasteiger partial charge in [0.05, 0.1) is 19.1 Å². The normalized spacial score (nSPS) is 10.8. The van der Waals surface area contributed by atoms with E-state index >= 15 is 0 Å². The quantitative estimate of drug-likeness (QED) is 0.412. The zero-order valence-electron chi connectivity index (χ0n) is 16.5. The zero-order valence-corrected chi connectivity index (χ0v) is 16.5. The van der Waals surface area contributed by atoms with Crippen LogP contribution < -0.4 is 4.74 Å². The molecule has 4 aromatic rings. The van der Waals surface area contributed by atoms with Crippen LogP contribution in [0.3, 0.4) is 0 Å². The van der Waals surface area contributed by atoms with Crippen molar-refractivity contribution in [1.29, 1.82) is 0 Å². The second kappa shape index (κ2) is 7.73. The van der Waals surface area contributed by atoms with Gasteiger partial charge in [-0.25, -0.2) is 4.98 Å². The second-order valence-corrected chi connectivity index (χ2v) is 7.29. The number of nitrogens with zero attached hydrogens (tertiary/aromatic N) is 2. The summed E-state index contributed by atoms with van der Waals surface area (Å²) in [6.45, 7) is 7.06. The SMILES string of the molecule is Cc1ccc(-c2ccc(Oc3cncn3Cc3cccc(C)c3)cc2C)cc1. The number of rotatable bonds is 5. The number of benzene rings is 3. The zero-order chi connectivity index (χ0) is 19.5. The predicted molar refractivity (Wildman–Crippen MR) is 114 cm³/mol. The number of imidazole rings is 1. The van der Waals surface area contributed by atoms with Gasteiger partial charge in [0, 0.05) is 0 Å². The lowest BCUT2D eigenvalue weighted by atomic mass is 9.99. The lowest BCUT2D eigenvalue weighted by molar-refractivity contribution is 0.436. The van der Waals surface area contributed by atoms with Crippen molar-refractivity contribution >= 4 is 0 Å². The van der Waals surface area contributed by atoms with Crippen LogP contribution in [0.25, 0.3) is 11.1 Å². The van der Waals surface area contributed by atoms with Gasteiger partial charge in [0.2, 0.25) is 5.88 Å². The van der Waals surface area contributed by atoms with Crippen molar-refractivity contribution in [2.24, 2.45) is 0 Å².